The van der Waals surface area contributed by atoms with Crippen molar-refractivity contribution in [3.8, 4) is 22.8 Å². The van der Waals surface area contributed by atoms with Gasteiger partial charge in [0.15, 0.2) is 0 Å². The molecule has 1 aromatic heterocycles. The molecule has 0 bridgehead atoms. The van der Waals surface area contributed by atoms with Crippen LogP contribution in [0.1, 0.15) is 33.3 Å². The second-order valence-electron chi connectivity index (χ2n) is 7.12. The van der Waals surface area contributed by atoms with Gasteiger partial charge in [-0.25, -0.2) is 4.39 Å². The normalized spacial score (nSPS) is 15.5. The number of aryl methyl sites for hydroxylation is 1. The molecule has 1 unspecified atom stereocenters. The highest BCUT2D eigenvalue weighted by molar-refractivity contribution is 6.33. The molecule has 1 atom stereocenters. The van der Waals surface area contributed by atoms with Crippen molar-refractivity contribution in [2.75, 3.05) is 20.8 Å². The molecule has 1 aliphatic rings. The number of aliphatic hydroxyl groups is 1. The van der Waals surface area contributed by atoms with E-state index in [1.54, 1.807) is 19.1 Å². The van der Waals surface area contributed by atoms with Crippen LogP contribution in [-0.2, 0) is 6.54 Å². The second-order valence-corrected chi connectivity index (χ2v) is 7.53. The summed E-state index contributed by atoms with van der Waals surface area (Å²) in [7, 11) is 3.02. The van der Waals surface area contributed by atoms with Gasteiger partial charge in [0.05, 0.1) is 37.9 Å². The van der Waals surface area contributed by atoms with E-state index in [2.05, 4.69) is 5.16 Å². The van der Waals surface area contributed by atoms with E-state index in [1.165, 1.54) is 37.3 Å². The quantitative estimate of drug-likeness (QED) is 0.648. The van der Waals surface area contributed by atoms with E-state index in [9.17, 15) is 14.3 Å². The number of rotatable bonds is 4. The molecule has 0 radical (unpaired) electrons. The first-order chi connectivity index (χ1) is 14.9. The molecule has 4 rings (SSSR count). The minimum absolute atomic E-state index is 0.00439. The largest absolute Gasteiger partial charge is 0.496 e. The smallest absolute Gasteiger partial charge is 0.260 e. The minimum Gasteiger partial charge on any atom is -0.496 e. The molecule has 31 heavy (non-hydrogen) atoms. The van der Waals surface area contributed by atoms with Crippen molar-refractivity contribution in [2.45, 2.75) is 19.6 Å². The van der Waals surface area contributed by atoms with Gasteiger partial charge in [-0.05, 0) is 31.2 Å². The lowest BCUT2D eigenvalue weighted by atomic mass is 9.94. The topological polar surface area (TPSA) is 85.0 Å². The van der Waals surface area contributed by atoms with Gasteiger partial charge in [-0.15, -0.1) is 0 Å². The number of β-amino-alcohol motifs (C(OH)–C–C–N with tert-alkyl or cyclic N) is 1. The first kappa shape index (κ1) is 21.1. The molecular formula is C22H20ClFN2O5. The zero-order valence-corrected chi connectivity index (χ0v) is 17.9. The predicted octanol–water partition coefficient (Wildman–Crippen LogP) is 4.15. The third kappa shape index (κ3) is 3.51. The standard InChI is InChI=1S/C22H20ClFN2O5/c1-11-18(21(25-31-11)20-13(23)5-4-6-14(20)24)22(28)26-9-12-16(29-2)7-8-17(30-3)19(12)15(27)10-26/h4-8,15,27H,9-10H2,1-3H3. The summed E-state index contributed by atoms with van der Waals surface area (Å²) in [5, 5.41) is 14.8. The Bertz CT molecular complexity index is 1140. The molecule has 9 heteroatoms. The highest BCUT2D eigenvalue weighted by Crippen LogP contribution is 2.41. The number of carbonyl (C=O) groups is 1. The van der Waals surface area contributed by atoms with E-state index in [0.29, 0.717) is 22.6 Å². The maximum Gasteiger partial charge on any atom is 0.260 e. The van der Waals surface area contributed by atoms with Crippen LogP contribution in [0.25, 0.3) is 11.3 Å². The molecule has 0 fully saturated rings. The van der Waals surface area contributed by atoms with Crippen molar-refractivity contribution >= 4 is 17.5 Å². The van der Waals surface area contributed by atoms with Crippen LogP contribution in [0.5, 0.6) is 11.5 Å². The molecule has 1 aliphatic heterocycles. The molecule has 0 saturated heterocycles. The number of ether oxygens (including phenoxy) is 2. The molecule has 0 spiro atoms. The predicted molar refractivity (Wildman–Crippen MR) is 111 cm³/mol. The van der Waals surface area contributed by atoms with Gasteiger partial charge in [-0.1, -0.05) is 22.8 Å². The SMILES string of the molecule is COc1ccc(OC)c2c1CN(C(=O)c1c(-c3c(F)cccc3Cl)noc1C)CC2O. The van der Waals surface area contributed by atoms with Crippen LogP contribution in [0.2, 0.25) is 5.02 Å². The molecule has 2 heterocycles. The van der Waals surface area contributed by atoms with Gasteiger partial charge in [-0.3, -0.25) is 4.79 Å². The number of hydrogen-bond acceptors (Lipinski definition) is 6. The number of carbonyl (C=O) groups excluding carboxylic acids is 1. The molecule has 7 nitrogen and oxygen atoms in total. The highest BCUT2D eigenvalue weighted by Gasteiger charge is 2.35. The maximum absolute atomic E-state index is 14.5. The molecule has 0 saturated carbocycles. The van der Waals surface area contributed by atoms with Gasteiger partial charge in [0.1, 0.15) is 40.4 Å². The number of fused-ring (bicyclic) bond motifs is 1. The Morgan fingerprint density at radius 1 is 1.26 bits per heavy atom. The molecule has 162 valence electrons. The van der Waals surface area contributed by atoms with Crippen molar-refractivity contribution in [3.63, 3.8) is 0 Å². The molecule has 2 aromatic carbocycles. The first-order valence-corrected chi connectivity index (χ1v) is 9.86. The van der Waals surface area contributed by atoms with Crippen LogP contribution >= 0.6 is 11.6 Å². The summed E-state index contributed by atoms with van der Waals surface area (Å²) in [6, 6.07) is 7.63. The number of benzene rings is 2. The zero-order chi connectivity index (χ0) is 22.3. The van der Waals surface area contributed by atoms with Crippen molar-refractivity contribution in [3.05, 3.63) is 63.6 Å². The summed E-state index contributed by atoms with van der Waals surface area (Å²) in [6.45, 7) is 1.72. The van der Waals surface area contributed by atoms with Gasteiger partial charge in [0, 0.05) is 11.1 Å². The highest BCUT2D eigenvalue weighted by atomic mass is 35.5. The third-order valence-corrected chi connectivity index (χ3v) is 5.67. The molecule has 1 N–H and O–H groups in total. The zero-order valence-electron chi connectivity index (χ0n) is 17.1. The van der Waals surface area contributed by atoms with Crippen LogP contribution < -0.4 is 9.47 Å². The number of hydrogen-bond donors (Lipinski definition) is 1. The molecule has 0 aliphatic carbocycles. The van der Waals surface area contributed by atoms with Gasteiger partial charge >= 0.3 is 0 Å². The van der Waals surface area contributed by atoms with Crippen molar-refractivity contribution in [2.24, 2.45) is 0 Å². The van der Waals surface area contributed by atoms with E-state index in [-0.39, 0.29) is 40.7 Å². The molecule has 3 aromatic rings. The fourth-order valence-corrected chi connectivity index (χ4v) is 4.16. The summed E-state index contributed by atoms with van der Waals surface area (Å²) in [5.41, 5.74) is 1.30. The Morgan fingerprint density at radius 2 is 1.97 bits per heavy atom. The number of halogens is 2. The summed E-state index contributed by atoms with van der Waals surface area (Å²) in [5.74, 6) is 0.160. The Balaban J connectivity index is 1.78. The Morgan fingerprint density at radius 3 is 2.65 bits per heavy atom. The van der Waals surface area contributed by atoms with E-state index in [1.807, 2.05) is 0 Å². The third-order valence-electron chi connectivity index (χ3n) is 5.35. The van der Waals surface area contributed by atoms with Gasteiger partial charge in [-0.2, -0.15) is 0 Å². The van der Waals surface area contributed by atoms with E-state index in [4.69, 9.17) is 25.6 Å². The number of aliphatic hydroxyl groups excluding tert-OH is 1. The maximum atomic E-state index is 14.5. The Kier molecular flexibility index (Phi) is 5.60. The summed E-state index contributed by atoms with van der Waals surface area (Å²) < 4.78 is 30.5. The Hall–Kier alpha value is -3.10. The lowest BCUT2D eigenvalue weighted by Gasteiger charge is -2.34. The van der Waals surface area contributed by atoms with Crippen molar-refractivity contribution in [1.29, 1.82) is 0 Å². The lowest BCUT2D eigenvalue weighted by Crippen LogP contribution is -2.39. The number of methoxy groups -OCH3 is 2. The van der Waals surface area contributed by atoms with Crippen LogP contribution in [0.4, 0.5) is 4.39 Å². The monoisotopic (exact) mass is 446 g/mol. The van der Waals surface area contributed by atoms with Crippen LogP contribution in [0.3, 0.4) is 0 Å². The molecular weight excluding hydrogens is 427 g/mol. The van der Waals surface area contributed by atoms with Gasteiger partial charge < -0.3 is 24.0 Å². The van der Waals surface area contributed by atoms with Crippen LogP contribution in [-0.4, -0.2) is 41.8 Å². The second kappa shape index (κ2) is 8.20. The van der Waals surface area contributed by atoms with E-state index < -0.39 is 17.8 Å². The van der Waals surface area contributed by atoms with Crippen molar-refractivity contribution < 1.29 is 28.3 Å². The number of aromatic nitrogens is 1. The van der Waals surface area contributed by atoms with Crippen molar-refractivity contribution in [1.82, 2.24) is 10.1 Å². The fourth-order valence-electron chi connectivity index (χ4n) is 3.91. The average molecular weight is 447 g/mol. The van der Waals surface area contributed by atoms with Gasteiger partial charge in [0.2, 0.25) is 0 Å². The first-order valence-electron chi connectivity index (χ1n) is 9.49. The average Bonchev–Trinajstić information content (AvgIpc) is 3.13. The minimum atomic E-state index is -1.00. The fraction of sp³-hybridized carbons (Fsp3) is 0.273. The van der Waals surface area contributed by atoms with E-state index >= 15 is 0 Å². The summed E-state index contributed by atoms with van der Waals surface area (Å²) >= 11 is 6.18. The lowest BCUT2D eigenvalue weighted by molar-refractivity contribution is 0.0537. The molecule has 1 amide bonds. The summed E-state index contributed by atoms with van der Waals surface area (Å²) in [6.07, 6.45) is -1.00. The van der Waals surface area contributed by atoms with Crippen LogP contribution in [0, 0.1) is 12.7 Å². The number of nitrogens with zero attached hydrogens (tertiary/aromatic N) is 2. The summed E-state index contributed by atoms with van der Waals surface area (Å²) in [4.78, 5) is 14.9. The van der Waals surface area contributed by atoms with Gasteiger partial charge in [0.25, 0.3) is 5.91 Å². The number of amides is 1. The van der Waals surface area contributed by atoms with Crippen LogP contribution in [0.15, 0.2) is 34.9 Å². The Labute approximate surface area is 182 Å². The van der Waals surface area contributed by atoms with E-state index in [0.717, 1.165) is 0 Å².